The van der Waals surface area contributed by atoms with Crippen LogP contribution in [0.4, 0.5) is 0 Å². The second kappa shape index (κ2) is 6.63. The fourth-order valence-corrected chi connectivity index (χ4v) is 2.17. The summed E-state index contributed by atoms with van der Waals surface area (Å²) in [4.78, 5) is 15.9. The summed E-state index contributed by atoms with van der Waals surface area (Å²) in [6.45, 7) is 1.73. The van der Waals surface area contributed by atoms with E-state index in [0.29, 0.717) is 5.75 Å². The molecule has 1 heterocycles. The Kier molecular flexibility index (Phi) is 4.87. The Bertz CT molecular complexity index is 564. The molecular formula is C14H12BrNO2S. The SMILES string of the molecule is C[C@H](Oc1ccc(Br)cc1)C(=O)C=Cc1nccs1. The maximum atomic E-state index is 11.9. The third-order valence-electron chi connectivity index (χ3n) is 2.37. The van der Waals surface area contributed by atoms with Gasteiger partial charge >= 0.3 is 0 Å². The molecule has 1 aromatic carbocycles. The first-order valence-corrected chi connectivity index (χ1v) is 7.36. The third kappa shape index (κ3) is 4.29. The quantitative estimate of drug-likeness (QED) is 0.775. The number of thiazole rings is 1. The summed E-state index contributed by atoms with van der Waals surface area (Å²) in [5.41, 5.74) is 0. The van der Waals surface area contributed by atoms with Crippen LogP contribution in [0, 0.1) is 0 Å². The second-order valence-electron chi connectivity index (χ2n) is 3.82. The van der Waals surface area contributed by atoms with Gasteiger partial charge in [-0.1, -0.05) is 15.9 Å². The molecule has 0 bridgehead atoms. The molecule has 98 valence electrons. The molecule has 2 aromatic rings. The van der Waals surface area contributed by atoms with E-state index in [4.69, 9.17) is 4.74 Å². The Balaban J connectivity index is 1.94. The van der Waals surface area contributed by atoms with Crippen LogP contribution in [-0.4, -0.2) is 16.9 Å². The minimum atomic E-state index is -0.516. The number of carbonyl (C=O) groups excluding carboxylic acids is 1. The van der Waals surface area contributed by atoms with Crippen LogP contribution in [0.25, 0.3) is 6.08 Å². The van der Waals surface area contributed by atoms with Gasteiger partial charge < -0.3 is 4.74 Å². The molecule has 1 atom stereocenters. The van der Waals surface area contributed by atoms with Crippen molar-refractivity contribution in [3.8, 4) is 5.75 Å². The van der Waals surface area contributed by atoms with E-state index in [2.05, 4.69) is 20.9 Å². The predicted molar refractivity (Wildman–Crippen MR) is 80.4 cm³/mol. The van der Waals surface area contributed by atoms with Crippen LogP contribution in [-0.2, 0) is 4.79 Å². The van der Waals surface area contributed by atoms with Crippen molar-refractivity contribution < 1.29 is 9.53 Å². The topological polar surface area (TPSA) is 39.2 Å². The van der Waals surface area contributed by atoms with Crippen molar-refractivity contribution in [1.82, 2.24) is 4.98 Å². The minimum Gasteiger partial charge on any atom is -0.483 e. The number of nitrogens with zero attached hydrogens (tertiary/aromatic N) is 1. The molecule has 2 rings (SSSR count). The Morgan fingerprint density at radius 2 is 2.16 bits per heavy atom. The predicted octanol–water partition coefficient (Wildman–Crippen LogP) is 3.96. The first kappa shape index (κ1) is 14.0. The van der Waals surface area contributed by atoms with E-state index in [-0.39, 0.29) is 5.78 Å². The van der Waals surface area contributed by atoms with Gasteiger partial charge in [0.1, 0.15) is 10.8 Å². The van der Waals surface area contributed by atoms with Gasteiger partial charge in [-0.25, -0.2) is 4.98 Å². The lowest BCUT2D eigenvalue weighted by molar-refractivity contribution is -0.120. The van der Waals surface area contributed by atoms with Crippen molar-refractivity contribution >= 4 is 39.1 Å². The summed E-state index contributed by atoms with van der Waals surface area (Å²) in [6.07, 6.45) is 4.39. The van der Waals surface area contributed by atoms with E-state index in [1.807, 2.05) is 29.6 Å². The van der Waals surface area contributed by atoms with Crippen LogP contribution in [0.3, 0.4) is 0 Å². The monoisotopic (exact) mass is 337 g/mol. The molecule has 0 fully saturated rings. The summed E-state index contributed by atoms with van der Waals surface area (Å²) in [7, 11) is 0. The lowest BCUT2D eigenvalue weighted by atomic mass is 10.2. The number of ether oxygens (including phenoxy) is 1. The number of benzene rings is 1. The van der Waals surface area contributed by atoms with Gasteiger partial charge in [0, 0.05) is 16.0 Å². The van der Waals surface area contributed by atoms with Gasteiger partial charge in [-0.15, -0.1) is 11.3 Å². The molecule has 0 N–H and O–H groups in total. The van der Waals surface area contributed by atoms with Crippen molar-refractivity contribution in [2.45, 2.75) is 13.0 Å². The molecular weight excluding hydrogens is 326 g/mol. The Hall–Kier alpha value is -1.46. The highest BCUT2D eigenvalue weighted by Gasteiger charge is 2.11. The van der Waals surface area contributed by atoms with Crippen molar-refractivity contribution in [3.63, 3.8) is 0 Å². The molecule has 5 heteroatoms. The van der Waals surface area contributed by atoms with Crippen LogP contribution < -0.4 is 4.74 Å². The van der Waals surface area contributed by atoms with Gasteiger partial charge in [0.15, 0.2) is 11.9 Å². The highest BCUT2D eigenvalue weighted by atomic mass is 79.9. The zero-order valence-electron chi connectivity index (χ0n) is 10.2. The van der Waals surface area contributed by atoms with Crippen molar-refractivity contribution in [2.24, 2.45) is 0 Å². The van der Waals surface area contributed by atoms with E-state index < -0.39 is 6.10 Å². The molecule has 1 aromatic heterocycles. The molecule has 0 radical (unpaired) electrons. The van der Waals surface area contributed by atoms with E-state index in [1.165, 1.54) is 17.4 Å². The molecule has 0 amide bonds. The summed E-state index contributed by atoms with van der Waals surface area (Å²) < 4.78 is 6.54. The molecule has 0 aliphatic heterocycles. The number of hydrogen-bond donors (Lipinski definition) is 0. The zero-order chi connectivity index (χ0) is 13.7. The minimum absolute atomic E-state index is 0.0851. The smallest absolute Gasteiger partial charge is 0.195 e. The van der Waals surface area contributed by atoms with Crippen molar-refractivity contribution in [2.75, 3.05) is 0 Å². The number of aromatic nitrogens is 1. The second-order valence-corrected chi connectivity index (χ2v) is 5.66. The lowest BCUT2D eigenvalue weighted by Crippen LogP contribution is -2.21. The van der Waals surface area contributed by atoms with Crippen LogP contribution >= 0.6 is 27.3 Å². The Labute approximate surface area is 124 Å². The van der Waals surface area contributed by atoms with E-state index in [0.717, 1.165) is 9.48 Å². The average Bonchev–Trinajstić information content (AvgIpc) is 2.91. The largest absolute Gasteiger partial charge is 0.483 e. The first-order chi connectivity index (χ1) is 9.15. The van der Waals surface area contributed by atoms with Gasteiger partial charge in [0.05, 0.1) is 0 Å². The highest BCUT2D eigenvalue weighted by Crippen LogP contribution is 2.17. The Morgan fingerprint density at radius 3 is 2.79 bits per heavy atom. The summed E-state index contributed by atoms with van der Waals surface area (Å²) in [6, 6.07) is 7.38. The zero-order valence-corrected chi connectivity index (χ0v) is 12.6. The van der Waals surface area contributed by atoms with Gasteiger partial charge in [-0.05, 0) is 43.3 Å². The number of hydrogen-bond acceptors (Lipinski definition) is 4. The van der Waals surface area contributed by atoms with Gasteiger partial charge in [-0.3, -0.25) is 4.79 Å². The van der Waals surface area contributed by atoms with Gasteiger partial charge in [0.2, 0.25) is 0 Å². The van der Waals surface area contributed by atoms with Crippen LogP contribution in [0.5, 0.6) is 5.75 Å². The fraction of sp³-hybridized carbons (Fsp3) is 0.143. The molecule has 0 spiro atoms. The van der Waals surface area contributed by atoms with Crippen LogP contribution in [0.1, 0.15) is 11.9 Å². The molecule has 0 aliphatic rings. The van der Waals surface area contributed by atoms with E-state index >= 15 is 0 Å². The maximum absolute atomic E-state index is 11.9. The molecule has 0 saturated carbocycles. The molecule has 0 unspecified atom stereocenters. The molecule has 19 heavy (non-hydrogen) atoms. The number of halogens is 1. The summed E-state index contributed by atoms with van der Waals surface area (Å²) in [5.74, 6) is 0.588. The molecule has 0 aliphatic carbocycles. The number of carbonyl (C=O) groups is 1. The number of ketones is 1. The molecule has 0 saturated heterocycles. The van der Waals surface area contributed by atoms with Crippen LogP contribution in [0.15, 0.2) is 46.4 Å². The third-order valence-corrected chi connectivity index (χ3v) is 3.64. The first-order valence-electron chi connectivity index (χ1n) is 5.69. The summed E-state index contributed by atoms with van der Waals surface area (Å²) in [5, 5.41) is 2.68. The van der Waals surface area contributed by atoms with Gasteiger partial charge in [0.25, 0.3) is 0 Å². The number of rotatable bonds is 5. The van der Waals surface area contributed by atoms with E-state index in [1.54, 1.807) is 19.2 Å². The Morgan fingerprint density at radius 1 is 1.42 bits per heavy atom. The molecule has 3 nitrogen and oxygen atoms in total. The summed E-state index contributed by atoms with van der Waals surface area (Å²) >= 11 is 4.83. The lowest BCUT2D eigenvalue weighted by Gasteiger charge is -2.11. The normalized spacial score (nSPS) is 12.5. The maximum Gasteiger partial charge on any atom is 0.195 e. The van der Waals surface area contributed by atoms with Crippen LogP contribution in [0.2, 0.25) is 0 Å². The fourth-order valence-electron chi connectivity index (χ4n) is 1.38. The van der Waals surface area contributed by atoms with Crippen molar-refractivity contribution in [3.05, 3.63) is 51.4 Å². The average molecular weight is 338 g/mol. The highest BCUT2D eigenvalue weighted by molar-refractivity contribution is 9.10. The van der Waals surface area contributed by atoms with E-state index in [9.17, 15) is 4.79 Å². The van der Waals surface area contributed by atoms with Crippen molar-refractivity contribution in [1.29, 1.82) is 0 Å². The standard InChI is InChI=1S/C14H12BrNO2S/c1-10(18-12-4-2-11(15)3-5-12)13(17)6-7-14-16-8-9-19-14/h2-10H,1H3/t10-/m0/s1. The van der Waals surface area contributed by atoms with Gasteiger partial charge in [-0.2, -0.15) is 0 Å².